The Kier molecular flexibility index (Phi) is 11.2. The third kappa shape index (κ3) is 9.20. The van der Waals surface area contributed by atoms with Crippen molar-refractivity contribution in [3.63, 3.8) is 0 Å². The third-order valence-corrected chi connectivity index (χ3v) is 5.47. The molecule has 2 amide bonds. The van der Waals surface area contributed by atoms with E-state index < -0.39 is 33.5 Å². The van der Waals surface area contributed by atoms with Crippen LogP contribution in [0.1, 0.15) is 52.9 Å². The first-order valence-corrected chi connectivity index (χ1v) is 11.3. The first kappa shape index (κ1) is 28.0. The Hall–Kier alpha value is -2.07. The topological polar surface area (TPSA) is 116 Å². The number of ketones is 1. The normalized spacial score (nSPS) is 15.6. The molecule has 0 saturated carbocycles. The van der Waals surface area contributed by atoms with Gasteiger partial charge in [0.15, 0.2) is 0 Å². The molecule has 1 aliphatic rings. The number of rotatable bonds is 15. The van der Waals surface area contributed by atoms with Crippen LogP contribution in [0.5, 0.6) is 0 Å². The van der Waals surface area contributed by atoms with E-state index in [-0.39, 0.29) is 51.4 Å². The molecular formula is C22H32BrNO8. The fraction of sp³-hybridized carbons (Fsp3) is 0.682. The van der Waals surface area contributed by atoms with Gasteiger partial charge in [-0.1, -0.05) is 15.9 Å². The molecule has 10 heteroatoms. The molecule has 0 aromatic heterocycles. The van der Waals surface area contributed by atoms with E-state index in [2.05, 4.69) is 15.9 Å². The van der Waals surface area contributed by atoms with Gasteiger partial charge in [-0.3, -0.25) is 28.9 Å². The molecular weight excluding hydrogens is 486 g/mol. The molecule has 0 fully saturated rings. The minimum Gasteiger partial charge on any atom is -0.465 e. The summed E-state index contributed by atoms with van der Waals surface area (Å²) >= 11 is 3.35. The van der Waals surface area contributed by atoms with Gasteiger partial charge in [-0.15, -0.1) is 0 Å². The molecule has 32 heavy (non-hydrogen) atoms. The number of carbonyl (C=O) groups excluding carboxylic acids is 5. The van der Waals surface area contributed by atoms with Crippen molar-refractivity contribution in [2.75, 3.05) is 33.5 Å². The van der Waals surface area contributed by atoms with Gasteiger partial charge in [-0.25, -0.2) is 0 Å². The van der Waals surface area contributed by atoms with E-state index in [1.54, 1.807) is 20.8 Å². The lowest BCUT2D eigenvalue weighted by molar-refractivity contribution is -0.156. The van der Waals surface area contributed by atoms with Crippen molar-refractivity contribution in [3.8, 4) is 0 Å². The summed E-state index contributed by atoms with van der Waals surface area (Å²) in [6, 6.07) is 0. The second-order valence-electron chi connectivity index (χ2n) is 8.43. The molecule has 0 N–H and O–H groups in total. The van der Waals surface area contributed by atoms with E-state index in [0.717, 1.165) is 4.90 Å². The fourth-order valence-corrected chi connectivity index (χ4v) is 3.96. The summed E-state index contributed by atoms with van der Waals surface area (Å²) in [5, 5.41) is 0. The fourth-order valence-electron chi connectivity index (χ4n) is 3.14. The number of methoxy groups -OCH3 is 1. The number of imide groups is 1. The summed E-state index contributed by atoms with van der Waals surface area (Å²) < 4.78 is 14.3. The van der Waals surface area contributed by atoms with Crippen LogP contribution in [-0.2, 0) is 38.2 Å². The lowest BCUT2D eigenvalue weighted by Gasteiger charge is -2.30. The van der Waals surface area contributed by atoms with E-state index in [1.165, 1.54) is 19.3 Å². The molecule has 0 aliphatic carbocycles. The SMILES string of the molecule is COCCOC(=O)C(C)(Br)CC(C)(C)C(=O)OCCCCC(=O)CCN1C(=O)C=CC1=O. The van der Waals surface area contributed by atoms with Crippen molar-refractivity contribution in [3.05, 3.63) is 12.2 Å². The number of esters is 2. The number of ether oxygens (including phenoxy) is 3. The number of hydrogen-bond donors (Lipinski definition) is 0. The largest absolute Gasteiger partial charge is 0.465 e. The Morgan fingerprint density at radius 1 is 0.906 bits per heavy atom. The second-order valence-corrected chi connectivity index (χ2v) is 10.2. The third-order valence-electron chi connectivity index (χ3n) is 4.87. The van der Waals surface area contributed by atoms with Crippen LogP contribution in [0.2, 0.25) is 0 Å². The quantitative estimate of drug-likeness (QED) is 0.140. The van der Waals surface area contributed by atoms with Gasteiger partial charge in [0.1, 0.15) is 16.7 Å². The molecule has 1 atom stereocenters. The van der Waals surface area contributed by atoms with Crippen molar-refractivity contribution in [1.82, 2.24) is 4.90 Å². The maximum absolute atomic E-state index is 12.5. The lowest BCUT2D eigenvalue weighted by Crippen LogP contribution is -2.40. The smallest absolute Gasteiger partial charge is 0.322 e. The highest BCUT2D eigenvalue weighted by Gasteiger charge is 2.42. The van der Waals surface area contributed by atoms with Crippen LogP contribution in [0.4, 0.5) is 0 Å². The molecule has 1 aliphatic heterocycles. The van der Waals surface area contributed by atoms with E-state index in [4.69, 9.17) is 14.2 Å². The first-order valence-electron chi connectivity index (χ1n) is 10.5. The Labute approximate surface area is 196 Å². The van der Waals surface area contributed by atoms with Crippen molar-refractivity contribution >= 4 is 45.5 Å². The molecule has 180 valence electrons. The van der Waals surface area contributed by atoms with Crippen molar-refractivity contribution < 1.29 is 38.2 Å². The zero-order valence-electron chi connectivity index (χ0n) is 19.1. The predicted molar refractivity (Wildman–Crippen MR) is 119 cm³/mol. The van der Waals surface area contributed by atoms with Crippen LogP contribution in [-0.4, -0.2) is 72.2 Å². The lowest BCUT2D eigenvalue weighted by atomic mass is 9.83. The number of halogens is 1. The molecule has 0 saturated heterocycles. The number of hydrogen-bond acceptors (Lipinski definition) is 8. The van der Waals surface area contributed by atoms with Gasteiger partial charge in [-0.2, -0.15) is 0 Å². The molecule has 1 heterocycles. The van der Waals surface area contributed by atoms with Gasteiger partial charge in [-0.05, 0) is 40.0 Å². The van der Waals surface area contributed by atoms with Gasteiger partial charge in [0.25, 0.3) is 11.8 Å². The molecule has 0 aromatic carbocycles. The molecule has 9 nitrogen and oxygen atoms in total. The summed E-state index contributed by atoms with van der Waals surface area (Å²) in [6.45, 7) is 5.66. The van der Waals surface area contributed by atoms with Gasteiger partial charge in [0.05, 0.1) is 18.6 Å². The first-order chi connectivity index (χ1) is 14.9. The predicted octanol–water partition coefficient (Wildman–Crippen LogP) is 2.34. The highest BCUT2D eigenvalue weighted by Crippen LogP contribution is 2.36. The number of carbonyl (C=O) groups is 5. The van der Waals surface area contributed by atoms with Gasteiger partial charge < -0.3 is 14.2 Å². The van der Waals surface area contributed by atoms with Crippen molar-refractivity contribution in [2.24, 2.45) is 5.41 Å². The maximum Gasteiger partial charge on any atom is 0.322 e. The maximum atomic E-state index is 12.5. The monoisotopic (exact) mass is 517 g/mol. The Balaban J connectivity index is 2.29. The van der Waals surface area contributed by atoms with Crippen molar-refractivity contribution in [2.45, 2.75) is 57.2 Å². The molecule has 1 rings (SSSR count). The van der Waals surface area contributed by atoms with Crippen LogP contribution in [0.15, 0.2) is 12.2 Å². The summed E-state index contributed by atoms with van der Waals surface area (Å²) in [6.07, 6.45) is 3.95. The van der Waals surface area contributed by atoms with Crippen LogP contribution in [0.3, 0.4) is 0 Å². The van der Waals surface area contributed by atoms with Crippen LogP contribution < -0.4 is 0 Å². The number of alkyl halides is 1. The number of nitrogens with zero attached hydrogens (tertiary/aromatic N) is 1. The number of Topliss-reactive ketones (excluding diaryl/α,β-unsaturated/α-hetero) is 1. The van der Waals surface area contributed by atoms with E-state index in [0.29, 0.717) is 12.8 Å². The van der Waals surface area contributed by atoms with Gasteiger partial charge in [0, 0.05) is 38.6 Å². The highest BCUT2D eigenvalue weighted by atomic mass is 79.9. The highest BCUT2D eigenvalue weighted by molar-refractivity contribution is 9.10. The average Bonchev–Trinajstić information content (AvgIpc) is 3.02. The Morgan fingerprint density at radius 3 is 2.09 bits per heavy atom. The summed E-state index contributed by atoms with van der Waals surface area (Å²) in [4.78, 5) is 60.6. The number of amides is 2. The molecule has 0 radical (unpaired) electrons. The summed E-state index contributed by atoms with van der Waals surface area (Å²) in [5.74, 6) is -1.80. The van der Waals surface area contributed by atoms with E-state index in [1.807, 2.05) is 0 Å². The standard InChI is InChI=1S/C22H32BrNO8/c1-21(2,15-22(3,23)20(29)32-14-13-30-4)19(28)31-12-6-5-7-16(25)10-11-24-17(26)8-9-18(24)27/h8-9H,5-7,10-15H2,1-4H3. The number of unbranched alkanes of at least 4 members (excludes halogenated alkanes) is 1. The summed E-state index contributed by atoms with van der Waals surface area (Å²) in [7, 11) is 1.51. The molecule has 0 aromatic rings. The Bertz CT molecular complexity index is 726. The Morgan fingerprint density at radius 2 is 1.50 bits per heavy atom. The second kappa shape index (κ2) is 12.8. The van der Waals surface area contributed by atoms with Crippen molar-refractivity contribution in [1.29, 1.82) is 0 Å². The minimum absolute atomic E-state index is 0.0637. The molecule has 1 unspecified atom stereocenters. The van der Waals surface area contributed by atoms with Crippen LogP contribution >= 0.6 is 15.9 Å². The zero-order valence-corrected chi connectivity index (χ0v) is 20.7. The van der Waals surface area contributed by atoms with Gasteiger partial charge in [0.2, 0.25) is 0 Å². The summed E-state index contributed by atoms with van der Waals surface area (Å²) in [5.41, 5.74) is -0.933. The zero-order chi connectivity index (χ0) is 24.4. The van der Waals surface area contributed by atoms with Gasteiger partial charge >= 0.3 is 11.9 Å². The van der Waals surface area contributed by atoms with Crippen LogP contribution in [0, 0.1) is 5.41 Å². The molecule has 0 bridgehead atoms. The minimum atomic E-state index is -1.05. The molecule has 0 spiro atoms. The van der Waals surface area contributed by atoms with E-state index >= 15 is 0 Å². The van der Waals surface area contributed by atoms with E-state index in [9.17, 15) is 24.0 Å². The average molecular weight is 518 g/mol. The van der Waals surface area contributed by atoms with Crippen LogP contribution in [0.25, 0.3) is 0 Å².